The van der Waals surface area contributed by atoms with Crippen molar-refractivity contribution in [3.8, 4) is 17.1 Å². The first kappa shape index (κ1) is 16.9. The summed E-state index contributed by atoms with van der Waals surface area (Å²) in [6.07, 6.45) is 5.57. The highest BCUT2D eigenvalue weighted by molar-refractivity contribution is 7.16. The van der Waals surface area contributed by atoms with E-state index in [0.717, 1.165) is 59.0 Å². The van der Waals surface area contributed by atoms with Crippen LogP contribution in [0.2, 0.25) is 0 Å². The molecule has 0 aromatic carbocycles. The quantitative estimate of drug-likeness (QED) is 0.727. The van der Waals surface area contributed by atoms with Crippen molar-refractivity contribution in [1.29, 1.82) is 0 Å². The molecule has 1 aliphatic rings. The van der Waals surface area contributed by atoms with Crippen LogP contribution in [0.5, 0.6) is 5.75 Å². The third-order valence-corrected chi connectivity index (χ3v) is 5.03. The van der Waals surface area contributed by atoms with Crippen LogP contribution in [0.1, 0.15) is 17.7 Å². The van der Waals surface area contributed by atoms with Gasteiger partial charge < -0.3 is 14.8 Å². The summed E-state index contributed by atoms with van der Waals surface area (Å²) in [7, 11) is 0. The molecule has 0 saturated carbocycles. The van der Waals surface area contributed by atoms with Crippen molar-refractivity contribution in [2.24, 2.45) is 0 Å². The molecule has 7 heteroatoms. The van der Waals surface area contributed by atoms with Crippen LogP contribution >= 0.6 is 11.3 Å². The van der Waals surface area contributed by atoms with E-state index in [1.54, 1.807) is 23.7 Å². The van der Waals surface area contributed by atoms with Crippen molar-refractivity contribution >= 4 is 22.3 Å². The molecule has 0 unspecified atom stereocenters. The Hall–Kier alpha value is -2.51. The van der Waals surface area contributed by atoms with Crippen LogP contribution < -0.4 is 10.1 Å². The normalized spacial score (nSPS) is 15.0. The van der Waals surface area contributed by atoms with Gasteiger partial charge in [0.15, 0.2) is 5.13 Å². The number of nitrogens with one attached hydrogen (secondary N) is 1. The monoisotopic (exact) mass is 368 g/mol. The Morgan fingerprint density at radius 3 is 2.85 bits per heavy atom. The van der Waals surface area contributed by atoms with Gasteiger partial charge in [0, 0.05) is 36.2 Å². The van der Waals surface area contributed by atoms with Gasteiger partial charge in [0.2, 0.25) is 0 Å². The van der Waals surface area contributed by atoms with E-state index in [0.29, 0.717) is 0 Å². The van der Waals surface area contributed by atoms with Gasteiger partial charge in [-0.2, -0.15) is 0 Å². The zero-order valence-corrected chi connectivity index (χ0v) is 15.3. The summed E-state index contributed by atoms with van der Waals surface area (Å²) < 4.78 is 11.4. The number of ether oxygens (including phenoxy) is 2. The molecule has 0 amide bonds. The van der Waals surface area contributed by atoms with Crippen LogP contribution in [-0.4, -0.2) is 34.3 Å². The van der Waals surface area contributed by atoms with Crippen molar-refractivity contribution in [2.45, 2.75) is 25.9 Å². The molecule has 0 aliphatic carbocycles. The molecule has 0 atom stereocenters. The average Bonchev–Trinajstić information content (AvgIpc) is 3.04. The highest BCUT2D eigenvalue weighted by atomic mass is 32.1. The SMILES string of the molecule is Cc1sc(Nc2cc(OC3CCOCC3)ccn2)nc1-c1ccccn1. The summed E-state index contributed by atoms with van der Waals surface area (Å²) in [5, 5.41) is 4.07. The number of nitrogens with zero attached hydrogens (tertiary/aromatic N) is 3. The van der Waals surface area contributed by atoms with Crippen LogP contribution in [0.4, 0.5) is 10.9 Å². The Balaban J connectivity index is 1.48. The molecular weight excluding hydrogens is 348 g/mol. The van der Waals surface area contributed by atoms with Gasteiger partial charge in [-0.15, -0.1) is 11.3 Å². The molecule has 0 radical (unpaired) electrons. The topological polar surface area (TPSA) is 69.2 Å². The van der Waals surface area contributed by atoms with Crippen LogP contribution in [0.15, 0.2) is 42.7 Å². The number of rotatable bonds is 5. The third kappa shape index (κ3) is 4.00. The minimum atomic E-state index is 0.205. The molecule has 4 heterocycles. The third-order valence-electron chi connectivity index (χ3n) is 4.14. The summed E-state index contributed by atoms with van der Waals surface area (Å²) in [5.41, 5.74) is 1.77. The molecule has 134 valence electrons. The molecule has 1 fully saturated rings. The van der Waals surface area contributed by atoms with Crippen molar-refractivity contribution in [2.75, 3.05) is 18.5 Å². The minimum absolute atomic E-state index is 0.205. The van der Waals surface area contributed by atoms with Gasteiger partial charge in [0.05, 0.1) is 18.9 Å². The lowest BCUT2D eigenvalue weighted by Crippen LogP contribution is -2.25. The summed E-state index contributed by atoms with van der Waals surface area (Å²) in [6, 6.07) is 9.62. The zero-order valence-electron chi connectivity index (χ0n) is 14.5. The number of aromatic nitrogens is 3. The number of anilines is 2. The second kappa shape index (κ2) is 7.80. The van der Waals surface area contributed by atoms with E-state index in [-0.39, 0.29) is 6.10 Å². The molecule has 26 heavy (non-hydrogen) atoms. The van der Waals surface area contributed by atoms with E-state index >= 15 is 0 Å². The van der Waals surface area contributed by atoms with Crippen LogP contribution in [-0.2, 0) is 4.74 Å². The molecule has 0 bridgehead atoms. The highest BCUT2D eigenvalue weighted by Gasteiger charge is 2.16. The van der Waals surface area contributed by atoms with Crippen molar-refractivity contribution < 1.29 is 9.47 Å². The van der Waals surface area contributed by atoms with Gasteiger partial charge in [-0.05, 0) is 25.1 Å². The summed E-state index contributed by atoms with van der Waals surface area (Å²) in [4.78, 5) is 14.5. The molecular formula is C19H20N4O2S. The molecule has 1 aliphatic heterocycles. The molecule has 0 spiro atoms. The zero-order chi connectivity index (χ0) is 17.8. The predicted octanol–water partition coefficient (Wildman–Crippen LogP) is 4.21. The Morgan fingerprint density at radius 2 is 2.04 bits per heavy atom. The lowest BCUT2D eigenvalue weighted by atomic mass is 10.1. The first-order valence-electron chi connectivity index (χ1n) is 8.64. The molecule has 3 aromatic rings. The molecule has 4 rings (SSSR count). The molecule has 1 N–H and O–H groups in total. The second-order valence-electron chi connectivity index (χ2n) is 6.07. The fraction of sp³-hybridized carbons (Fsp3) is 0.316. The first-order valence-corrected chi connectivity index (χ1v) is 9.46. The lowest BCUT2D eigenvalue weighted by molar-refractivity contribution is 0.0256. The fourth-order valence-electron chi connectivity index (χ4n) is 2.84. The van der Waals surface area contributed by atoms with E-state index in [9.17, 15) is 0 Å². The molecule has 3 aromatic heterocycles. The number of aryl methyl sites for hydroxylation is 1. The largest absolute Gasteiger partial charge is 0.490 e. The van der Waals surface area contributed by atoms with Gasteiger partial charge in [0.25, 0.3) is 0 Å². The van der Waals surface area contributed by atoms with E-state index in [4.69, 9.17) is 9.47 Å². The number of hydrogen-bond donors (Lipinski definition) is 1. The molecule has 1 saturated heterocycles. The smallest absolute Gasteiger partial charge is 0.189 e. The van der Waals surface area contributed by atoms with Crippen LogP contribution in [0, 0.1) is 6.92 Å². The Morgan fingerprint density at radius 1 is 1.15 bits per heavy atom. The Labute approximate surface area is 156 Å². The predicted molar refractivity (Wildman–Crippen MR) is 102 cm³/mol. The Bertz CT molecular complexity index is 863. The van der Waals surface area contributed by atoms with Gasteiger partial charge in [-0.25, -0.2) is 9.97 Å². The second-order valence-corrected chi connectivity index (χ2v) is 7.27. The standard InChI is InChI=1S/C19H20N4O2S/c1-13-18(16-4-2-3-8-20-16)23-19(26-13)22-17-12-15(5-9-21-17)25-14-6-10-24-11-7-14/h2-5,8-9,12,14H,6-7,10-11H2,1H3,(H,21,22,23). The van der Waals surface area contributed by atoms with E-state index < -0.39 is 0 Å². The molecule has 6 nitrogen and oxygen atoms in total. The maximum Gasteiger partial charge on any atom is 0.189 e. The Kier molecular flexibility index (Phi) is 5.08. The maximum absolute atomic E-state index is 6.04. The van der Waals surface area contributed by atoms with Crippen molar-refractivity contribution in [3.05, 3.63) is 47.6 Å². The number of hydrogen-bond acceptors (Lipinski definition) is 7. The van der Waals surface area contributed by atoms with Crippen molar-refractivity contribution in [1.82, 2.24) is 15.0 Å². The minimum Gasteiger partial charge on any atom is -0.490 e. The summed E-state index contributed by atoms with van der Waals surface area (Å²) >= 11 is 1.59. The first-order chi connectivity index (χ1) is 12.8. The fourth-order valence-corrected chi connectivity index (χ4v) is 3.67. The van der Waals surface area contributed by atoms with Gasteiger partial charge >= 0.3 is 0 Å². The van der Waals surface area contributed by atoms with Crippen molar-refractivity contribution in [3.63, 3.8) is 0 Å². The van der Waals surface area contributed by atoms with E-state index in [1.165, 1.54) is 0 Å². The lowest BCUT2D eigenvalue weighted by Gasteiger charge is -2.23. The number of thiazole rings is 1. The number of pyridine rings is 2. The van der Waals surface area contributed by atoms with Gasteiger partial charge in [0.1, 0.15) is 23.4 Å². The maximum atomic E-state index is 6.04. The summed E-state index contributed by atoms with van der Waals surface area (Å²) in [5.74, 6) is 1.53. The summed E-state index contributed by atoms with van der Waals surface area (Å²) in [6.45, 7) is 3.57. The van der Waals surface area contributed by atoms with Crippen LogP contribution in [0.3, 0.4) is 0 Å². The van der Waals surface area contributed by atoms with E-state index in [1.807, 2.05) is 37.3 Å². The highest BCUT2D eigenvalue weighted by Crippen LogP contribution is 2.31. The van der Waals surface area contributed by atoms with Gasteiger partial charge in [-0.1, -0.05) is 6.07 Å². The average molecular weight is 368 g/mol. The van der Waals surface area contributed by atoms with E-state index in [2.05, 4.69) is 20.3 Å². The van der Waals surface area contributed by atoms with Gasteiger partial charge in [-0.3, -0.25) is 4.98 Å². The van der Waals surface area contributed by atoms with Crippen LogP contribution in [0.25, 0.3) is 11.4 Å².